The summed E-state index contributed by atoms with van der Waals surface area (Å²) in [6.45, 7) is 3.50. The van der Waals surface area contributed by atoms with E-state index in [4.69, 9.17) is 4.74 Å². The number of hydrogen-bond acceptors (Lipinski definition) is 3. The van der Waals surface area contributed by atoms with E-state index in [1.54, 1.807) is 19.1 Å². The van der Waals surface area contributed by atoms with Gasteiger partial charge >= 0.3 is 5.97 Å². The first kappa shape index (κ1) is 13.5. The summed E-state index contributed by atoms with van der Waals surface area (Å²) in [4.78, 5) is 11.8. The molecule has 0 amide bonds. The van der Waals surface area contributed by atoms with Crippen LogP contribution in [0.1, 0.15) is 18.4 Å². The highest BCUT2D eigenvalue weighted by Crippen LogP contribution is 2.31. The van der Waals surface area contributed by atoms with Gasteiger partial charge in [0.25, 0.3) is 0 Å². The summed E-state index contributed by atoms with van der Waals surface area (Å²) in [5, 5.41) is 3.18. The number of rotatable bonds is 3. The Labute approximate surface area is 114 Å². The first-order valence-electron chi connectivity index (χ1n) is 5.95. The van der Waals surface area contributed by atoms with E-state index in [1.165, 1.54) is 6.07 Å². The molecule has 0 aliphatic carbocycles. The van der Waals surface area contributed by atoms with Gasteiger partial charge in [0.05, 0.1) is 17.0 Å². The van der Waals surface area contributed by atoms with Crippen LogP contribution in [0.15, 0.2) is 22.7 Å². The van der Waals surface area contributed by atoms with Crippen molar-refractivity contribution in [2.45, 2.75) is 12.8 Å². The Morgan fingerprint density at radius 2 is 2.33 bits per heavy atom. The van der Waals surface area contributed by atoms with Crippen molar-refractivity contribution in [3.8, 4) is 0 Å². The molecule has 1 aromatic carbocycles. The van der Waals surface area contributed by atoms with Crippen LogP contribution >= 0.6 is 15.9 Å². The third kappa shape index (κ3) is 2.72. The van der Waals surface area contributed by atoms with Crippen molar-refractivity contribution in [1.29, 1.82) is 0 Å². The second-order valence-electron chi connectivity index (χ2n) is 4.30. The summed E-state index contributed by atoms with van der Waals surface area (Å²) >= 11 is 3.17. The minimum Gasteiger partial charge on any atom is -0.466 e. The molecule has 1 aliphatic heterocycles. The summed E-state index contributed by atoms with van der Waals surface area (Å²) in [5.74, 6) is -0.631. The second-order valence-corrected chi connectivity index (χ2v) is 5.15. The SMILES string of the molecule is CCOC(=O)[C@@H]1CNC[C@H]1c1ccc(F)c(Br)c1. The van der Waals surface area contributed by atoms with E-state index in [0.29, 0.717) is 24.2 Å². The Kier molecular flexibility index (Phi) is 4.35. The maximum Gasteiger partial charge on any atom is 0.310 e. The van der Waals surface area contributed by atoms with E-state index in [-0.39, 0.29) is 23.6 Å². The fourth-order valence-electron chi connectivity index (χ4n) is 2.27. The quantitative estimate of drug-likeness (QED) is 0.871. The number of esters is 1. The molecule has 1 saturated heterocycles. The molecule has 0 bridgehead atoms. The topological polar surface area (TPSA) is 38.3 Å². The number of hydrogen-bond donors (Lipinski definition) is 1. The van der Waals surface area contributed by atoms with Gasteiger partial charge in [-0.3, -0.25) is 4.79 Å². The van der Waals surface area contributed by atoms with Crippen LogP contribution in [-0.2, 0) is 9.53 Å². The molecular formula is C13H15BrFNO2. The number of nitrogens with one attached hydrogen (secondary N) is 1. The van der Waals surface area contributed by atoms with Gasteiger partial charge < -0.3 is 10.1 Å². The minimum absolute atomic E-state index is 0.0425. The van der Waals surface area contributed by atoms with Gasteiger partial charge in [0, 0.05) is 19.0 Å². The lowest BCUT2D eigenvalue weighted by Crippen LogP contribution is -2.24. The van der Waals surface area contributed by atoms with Gasteiger partial charge in [-0.1, -0.05) is 6.07 Å². The summed E-state index contributed by atoms with van der Waals surface area (Å²) in [5.41, 5.74) is 0.950. The zero-order chi connectivity index (χ0) is 13.1. The molecule has 0 spiro atoms. The maximum atomic E-state index is 13.2. The van der Waals surface area contributed by atoms with Gasteiger partial charge in [-0.25, -0.2) is 4.39 Å². The molecule has 98 valence electrons. The third-order valence-electron chi connectivity index (χ3n) is 3.18. The second kappa shape index (κ2) is 5.80. The van der Waals surface area contributed by atoms with E-state index >= 15 is 0 Å². The zero-order valence-electron chi connectivity index (χ0n) is 10.1. The van der Waals surface area contributed by atoms with Crippen LogP contribution in [-0.4, -0.2) is 25.7 Å². The summed E-state index contributed by atoms with van der Waals surface area (Å²) < 4.78 is 18.7. The van der Waals surface area contributed by atoms with Crippen molar-refractivity contribution in [3.63, 3.8) is 0 Å². The molecule has 0 saturated carbocycles. The molecular weight excluding hydrogens is 301 g/mol. The molecule has 1 aliphatic rings. The van der Waals surface area contributed by atoms with Gasteiger partial charge in [0.1, 0.15) is 5.82 Å². The normalized spacial score (nSPS) is 23.1. The molecule has 5 heteroatoms. The molecule has 1 heterocycles. The lowest BCUT2D eigenvalue weighted by molar-refractivity contribution is -0.147. The predicted molar refractivity (Wildman–Crippen MR) is 69.8 cm³/mol. The molecule has 0 aromatic heterocycles. The molecule has 1 fully saturated rings. The van der Waals surface area contributed by atoms with Crippen LogP contribution in [0, 0.1) is 11.7 Å². The lowest BCUT2D eigenvalue weighted by atomic mass is 9.89. The van der Waals surface area contributed by atoms with Crippen molar-refractivity contribution < 1.29 is 13.9 Å². The monoisotopic (exact) mass is 315 g/mol. The Balaban J connectivity index is 2.20. The average Bonchev–Trinajstić information content (AvgIpc) is 2.82. The van der Waals surface area contributed by atoms with Crippen molar-refractivity contribution >= 4 is 21.9 Å². The van der Waals surface area contributed by atoms with Gasteiger partial charge in [-0.05, 0) is 40.5 Å². The number of benzene rings is 1. The van der Waals surface area contributed by atoms with Crippen molar-refractivity contribution in [2.75, 3.05) is 19.7 Å². The van der Waals surface area contributed by atoms with Crippen molar-refractivity contribution in [3.05, 3.63) is 34.1 Å². The van der Waals surface area contributed by atoms with Crippen LogP contribution in [0.25, 0.3) is 0 Å². The van der Waals surface area contributed by atoms with E-state index in [1.807, 2.05) is 0 Å². The number of carbonyl (C=O) groups is 1. The third-order valence-corrected chi connectivity index (χ3v) is 3.78. The van der Waals surface area contributed by atoms with Crippen LogP contribution in [0.4, 0.5) is 4.39 Å². The van der Waals surface area contributed by atoms with Crippen LogP contribution in [0.2, 0.25) is 0 Å². The zero-order valence-corrected chi connectivity index (χ0v) is 11.7. The van der Waals surface area contributed by atoms with Crippen molar-refractivity contribution in [1.82, 2.24) is 5.32 Å². The first-order valence-corrected chi connectivity index (χ1v) is 6.75. The van der Waals surface area contributed by atoms with E-state index in [0.717, 1.165) is 5.56 Å². The Bertz CT molecular complexity index is 453. The molecule has 1 aromatic rings. The number of carbonyl (C=O) groups excluding carboxylic acids is 1. The maximum absolute atomic E-state index is 13.2. The highest BCUT2D eigenvalue weighted by atomic mass is 79.9. The standard InChI is InChI=1S/C13H15BrFNO2/c1-2-18-13(17)10-7-16-6-9(10)8-3-4-12(15)11(14)5-8/h3-5,9-10,16H,2,6-7H2,1H3/t9-,10+/m0/s1. The lowest BCUT2D eigenvalue weighted by Gasteiger charge is -2.17. The molecule has 0 unspecified atom stereocenters. The van der Waals surface area contributed by atoms with Gasteiger partial charge in [-0.2, -0.15) is 0 Å². The molecule has 2 rings (SSSR count). The Morgan fingerprint density at radius 1 is 1.56 bits per heavy atom. The van der Waals surface area contributed by atoms with Gasteiger partial charge in [0.15, 0.2) is 0 Å². The smallest absolute Gasteiger partial charge is 0.310 e. The van der Waals surface area contributed by atoms with E-state index in [2.05, 4.69) is 21.2 Å². The number of ether oxygens (including phenoxy) is 1. The van der Waals surface area contributed by atoms with Gasteiger partial charge in [-0.15, -0.1) is 0 Å². The Morgan fingerprint density at radius 3 is 3.00 bits per heavy atom. The molecule has 3 nitrogen and oxygen atoms in total. The van der Waals surface area contributed by atoms with Crippen molar-refractivity contribution in [2.24, 2.45) is 5.92 Å². The fourth-order valence-corrected chi connectivity index (χ4v) is 2.67. The summed E-state index contributed by atoms with van der Waals surface area (Å²) in [7, 11) is 0. The average molecular weight is 316 g/mol. The fraction of sp³-hybridized carbons (Fsp3) is 0.462. The summed E-state index contributed by atoms with van der Waals surface area (Å²) in [6, 6.07) is 4.88. The predicted octanol–water partition coefficient (Wildman–Crippen LogP) is 2.45. The van der Waals surface area contributed by atoms with Gasteiger partial charge in [0.2, 0.25) is 0 Å². The minimum atomic E-state index is -0.294. The van der Waals surface area contributed by atoms with E-state index < -0.39 is 0 Å². The largest absolute Gasteiger partial charge is 0.466 e. The number of halogens is 2. The Hall–Kier alpha value is -0.940. The van der Waals surface area contributed by atoms with Crippen LogP contribution < -0.4 is 5.32 Å². The highest BCUT2D eigenvalue weighted by molar-refractivity contribution is 9.10. The first-order chi connectivity index (χ1) is 8.63. The van der Waals surface area contributed by atoms with Crippen LogP contribution in [0.5, 0.6) is 0 Å². The molecule has 1 N–H and O–H groups in total. The highest BCUT2D eigenvalue weighted by Gasteiger charge is 2.35. The molecule has 2 atom stereocenters. The molecule has 18 heavy (non-hydrogen) atoms. The molecule has 0 radical (unpaired) electrons. The summed E-state index contributed by atoms with van der Waals surface area (Å²) in [6.07, 6.45) is 0. The van der Waals surface area contributed by atoms with Crippen LogP contribution in [0.3, 0.4) is 0 Å². The van der Waals surface area contributed by atoms with E-state index in [9.17, 15) is 9.18 Å².